The average Bonchev–Trinajstić information content (AvgIpc) is 2.81. The molecular weight excluding hydrogens is 240 g/mol. The van der Waals surface area contributed by atoms with Gasteiger partial charge in [-0.1, -0.05) is 12.1 Å². The fourth-order valence-corrected chi connectivity index (χ4v) is 2.75. The molecule has 0 aliphatic carbocycles. The number of nitrogens with one attached hydrogen (secondary N) is 1. The summed E-state index contributed by atoms with van der Waals surface area (Å²) in [5.74, 6) is 0. The SMILES string of the molecule is N#Cc1ccc(CN2CCN3C(=O)NCC3C2)cc1. The van der Waals surface area contributed by atoms with Crippen molar-refractivity contribution < 1.29 is 4.79 Å². The highest BCUT2D eigenvalue weighted by Crippen LogP contribution is 2.16. The van der Waals surface area contributed by atoms with Gasteiger partial charge in [0.2, 0.25) is 0 Å². The molecule has 1 N–H and O–H groups in total. The summed E-state index contributed by atoms with van der Waals surface area (Å²) >= 11 is 0. The minimum absolute atomic E-state index is 0.0722. The molecule has 0 bridgehead atoms. The third kappa shape index (κ3) is 2.40. The van der Waals surface area contributed by atoms with Crippen molar-refractivity contribution in [2.45, 2.75) is 12.6 Å². The Morgan fingerprint density at radius 2 is 2.11 bits per heavy atom. The first-order valence-corrected chi connectivity index (χ1v) is 6.52. The minimum Gasteiger partial charge on any atom is -0.336 e. The van der Waals surface area contributed by atoms with Gasteiger partial charge in [0.15, 0.2) is 0 Å². The van der Waals surface area contributed by atoms with Gasteiger partial charge in [-0.2, -0.15) is 5.26 Å². The zero-order chi connectivity index (χ0) is 13.2. The standard InChI is InChI=1S/C14H16N4O/c15-7-11-1-3-12(4-2-11)9-17-5-6-18-13(10-17)8-16-14(18)19/h1-4,13H,5-6,8-10H2,(H,16,19). The van der Waals surface area contributed by atoms with E-state index in [0.29, 0.717) is 11.6 Å². The summed E-state index contributed by atoms with van der Waals surface area (Å²) in [4.78, 5) is 15.8. The Kier molecular flexibility index (Phi) is 3.10. The summed E-state index contributed by atoms with van der Waals surface area (Å²) in [6.07, 6.45) is 0. The third-order valence-electron chi connectivity index (χ3n) is 3.81. The number of amides is 2. The van der Waals surface area contributed by atoms with E-state index in [1.165, 1.54) is 5.56 Å². The molecule has 1 aromatic rings. The predicted molar refractivity (Wildman–Crippen MR) is 70.3 cm³/mol. The summed E-state index contributed by atoms with van der Waals surface area (Å²) < 4.78 is 0. The topological polar surface area (TPSA) is 59.4 Å². The molecule has 2 amide bonds. The largest absolute Gasteiger partial charge is 0.336 e. The molecule has 1 unspecified atom stereocenters. The molecule has 0 radical (unpaired) electrons. The van der Waals surface area contributed by atoms with Gasteiger partial charge in [-0.15, -0.1) is 0 Å². The number of hydrogen-bond donors (Lipinski definition) is 1. The molecule has 0 aromatic heterocycles. The highest BCUT2D eigenvalue weighted by atomic mass is 16.2. The molecule has 0 saturated carbocycles. The molecule has 0 spiro atoms. The van der Waals surface area contributed by atoms with Crippen LogP contribution in [0.4, 0.5) is 4.79 Å². The van der Waals surface area contributed by atoms with Crippen molar-refractivity contribution in [1.82, 2.24) is 15.1 Å². The van der Waals surface area contributed by atoms with Gasteiger partial charge in [0.05, 0.1) is 17.7 Å². The zero-order valence-corrected chi connectivity index (χ0v) is 10.7. The van der Waals surface area contributed by atoms with Crippen molar-refractivity contribution in [2.75, 3.05) is 26.2 Å². The smallest absolute Gasteiger partial charge is 0.317 e. The lowest BCUT2D eigenvalue weighted by Gasteiger charge is -2.36. The zero-order valence-electron chi connectivity index (χ0n) is 10.7. The van der Waals surface area contributed by atoms with E-state index in [9.17, 15) is 4.79 Å². The molecule has 1 atom stereocenters. The van der Waals surface area contributed by atoms with Crippen molar-refractivity contribution in [1.29, 1.82) is 5.26 Å². The number of urea groups is 1. The highest BCUT2D eigenvalue weighted by Gasteiger charge is 2.35. The maximum Gasteiger partial charge on any atom is 0.317 e. The lowest BCUT2D eigenvalue weighted by molar-refractivity contribution is 0.116. The summed E-state index contributed by atoms with van der Waals surface area (Å²) in [5, 5.41) is 11.7. The van der Waals surface area contributed by atoms with Gasteiger partial charge in [0, 0.05) is 32.7 Å². The lowest BCUT2D eigenvalue weighted by Crippen LogP contribution is -2.51. The van der Waals surface area contributed by atoms with E-state index in [0.717, 1.165) is 32.7 Å². The summed E-state index contributed by atoms with van der Waals surface area (Å²) in [6.45, 7) is 4.25. The van der Waals surface area contributed by atoms with E-state index in [1.54, 1.807) is 0 Å². The van der Waals surface area contributed by atoms with Gasteiger partial charge in [-0.05, 0) is 17.7 Å². The minimum atomic E-state index is 0.0722. The second-order valence-electron chi connectivity index (χ2n) is 5.08. The van der Waals surface area contributed by atoms with Crippen LogP contribution in [0.5, 0.6) is 0 Å². The normalized spacial score (nSPS) is 22.8. The van der Waals surface area contributed by atoms with Crippen LogP contribution in [-0.4, -0.2) is 48.1 Å². The van der Waals surface area contributed by atoms with Crippen LogP contribution in [0.25, 0.3) is 0 Å². The number of carbonyl (C=O) groups is 1. The molecular formula is C14H16N4O. The molecule has 98 valence electrons. The van der Waals surface area contributed by atoms with Crippen molar-refractivity contribution in [2.24, 2.45) is 0 Å². The summed E-state index contributed by atoms with van der Waals surface area (Å²) in [7, 11) is 0. The first kappa shape index (κ1) is 12.0. The van der Waals surface area contributed by atoms with Crippen LogP contribution >= 0.6 is 0 Å². The van der Waals surface area contributed by atoms with Gasteiger partial charge in [0.1, 0.15) is 0 Å². The molecule has 2 aliphatic rings. The predicted octanol–water partition coefficient (Wildman–Crippen LogP) is 0.768. The molecule has 2 fully saturated rings. The van der Waals surface area contributed by atoms with Crippen molar-refractivity contribution in [3.8, 4) is 6.07 Å². The number of carbonyl (C=O) groups excluding carboxylic acids is 1. The maximum atomic E-state index is 11.5. The number of piperazine rings is 1. The Labute approximate surface area is 112 Å². The van der Waals surface area contributed by atoms with Crippen LogP contribution in [-0.2, 0) is 6.54 Å². The van der Waals surface area contributed by atoms with E-state index >= 15 is 0 Å². The molecule has 2 aliphatic heterocycles. The number of fused-ring (bicyclic) bond motifs is 1. The number of nitriles is 1. The van der Waals surface area contributed by atoms with E-state index in [-0.39, 0.29) is 6.03 Å². The Bertz CT molecular complexity index is 519. The maximum absolute atomic E-state index is 11.5. The van der Waals surface area contributed by atoms with E-state index < -0.39 is 0 Å². The monoisotopic (exact) mass is 256 g/mol. The Hall–Kier alpha value is -2.06. The Morgan fingerprint density at radius 1 is 1.32 bits per heavy atom. The van der Waals surface area contributed by atoms with Crippen LogP contribution in [0, 0.1) is 11.3 Å². The molecule has 3 rings (SSSR count). The molecule has 2 saturated heterocycles. The van der Waals surface area contributed by atoms with Crippen LogP contribution in [0.1, 0.15) is 11.1 Å². The van der Waals surface area contributed by atoms with E-state index in [4.69, 9.17) is 5.26 Å². The van der Waals surface area contributed by atoms with Gasteiger partial charge in [0.25, 0.3) is 0 Å². The Morgan fingerprint density at radius 3 is 2.84 bits per heavy atom. The summed E-state index contributed by atoms with van der Waals surface area (Å²) in [6, 6.07) is 10.2. The van der Waals surface area contributed by atoms with Crippen LogP contribution in [0.15, 0.2) is 24.3 Å². The summed E-state index contributed by atoms with van der Waals surface area (Å²) in [5.41, 5.74) is 1.91. The number of nitrogens with zero attached hydrogens (tertiary/aromatic N) is 3. The number of hydrogen-bond acceptors (Lipinski definition) is 3. The van der Waals surface area contributed by atoms with Gasteiger partial charge in [-0.25, -0.2) is 4.79 Å². The van der Waals surface area contributed by atoms with E-state index in [2.05, 4.69) is 16.3 Å². The molecule has 19 heavy (non-hydrogen) atoms. The highest BCUT2D eigenvalue weighted by molar-refractivity contribution is 5.77. The fourth-order valence-electron chi connectivity index (χ4n) is 2.75. The molecule has 2 heterocycles. The first-order chi connectivity index (χ1) is 9.26. The van der Waals surface area contributed by atoms with Gasteiger partial charge in [-0.3, -0.25) is 4.90 Å². The second-order valence-corrected chi connectivity index (χ2v) is 5.08. The lowest BCUT2D eigenvalue weighted by atomic mass is 10.1. The van der Waals surface area contributed by atoms with Gasteiger partial charge >= 0.3 is 6.03 Å². The molecule has 5 heteroatoms. The quantitative estimate of drug-likeness (QED) is 0.850. The van der Waals surface area contributed by atoms with Gasteiger partial charge < -0.3 is 10.2 Å². The number of benzene rings is 1. The molecule has 1 aromatic carbocycles. The van der Waals surface area contributed by atoms with Crippen LogP contribution in [0.3, 0.4) is 0 Å². The Balaban J connectivity index is 1.62. The first-order valence-electron chi connectivity index (χ1n) is 6.52. The van der Waals surface area contributed by atoms with E-state index in [1.807, 2.05) is 29.2 Å². The fraction of sp³-hybridized carbons (Fsp3) is 0.429. The molecule has 5 nitrogen and oxygen atoms in total. The average molecular weight is 256 g/mol. The second kappa shape index (κ2) is 4.90. The number of rotatable bonds is 2. The van der Waals surface area contributed by atoms with Crippen molar-refractivity contribution in [3.63, 3.8) is 0 Å². The van der Waals surface area contributed by atoms with Crippen molar-refractivity contribution >= 4 is 6.03 Å². The van der Waals surface area contributed by atoms with Crippen LogP contribution in [0.2, 0.25) is 0 Å². The third-order valence-corrected chi connectivity index (χ3v) is 3.81. The van der Waals surface area contributed by atoms with Crippen molar-refractivity contribution in [3.05, 3.63) is 35.4 Å². The van der Waals surface area contributed by atoms with Crippen LogP contribution < -0.4 is 5.32 Å².